The molecule has 292 valence electrons. The van der Waals surface area contributed by atoms with Crippen LogP contribution in [0.1, 0.15) is 92.3 Å². The maximum absolute atomic E-state index is 7.96. The number of benzene rings is 4. The van der Waals surface area contributed by atoms with E-state index >= 15 is 0 Å². The second kappa shape index (κ2) is 13.2. The Bertz CT molecular complexity index is 2680. The molecule has 0 radical (unpaired) electrons. The van der Waals surface area contributed by atoms with Crippen LogP contribution in [0.4, 0.5) is 0 Å². The number of ether oxygens (including phenoxy) is 3. The molecule has 0 N–H and O–H groups in total. The summed E-state index contributed by atoms with van der Waals surface area (Å²) in [6, 6.07) is 25.3. The van der Waals surface area contributed by atoms with Gasteiger partial charge >= 0.3 is 0 Å². The first-order chi connectivity index (χ1) is 28.3. The maximum Gasteiger partial charge on any atom is 0.178 e. The van der Waals surface area contributed by atoms with Crippen molar-refractivity contribution in [1.29, 1.82) is 0 Å². The van der Waals surface area contributed by atoms with Crippen LogP contribution in [0.5, 0.6) is 11.5 Å². The summed E-state index contributed by atoms with van der Waals surface area (Å²) >= 11 is 0. The van der Waals surface area contributed by atoms with E-state index in [9.17, 15) is 0 Å². The number of nitrogens with zero attached hydrogens (tertiary/aromatic N) is 1. The number of rotatable bonds is 6. The van der Waals surface area contributed by atoms with Gasteiger partial charge < -0.3 is 14.2 Å². The molecule has 7 aliphatic rings. The Labute approximate surface area is 343 Å². The van der Waals surface area contributed by atoms with Gasteiger partial charge in [0.25, 0.3) is 0 Å². The highest BCUT2D eigenvalue weighted by atomic mass is 16.5. The van der Waals surface area contributed by atoms with Crippen LogP contribution in [-0.2, 0) is 21.2 Å². The zero-order chi connectivity index (χ0) is 39.4. The Hall–Kier alpha value is -5.16. The van der Waals surface area contributed by atoms with Crippen molar-refractivity contribution in [1.82, 2.24) is 4.90 Å². The third kappa shape index (κ3) is 4.94. The minimum atomic E-state index is -0.875. The molecule has 11 rings (SSSR count). The van der Waals surface area contributed by atoms with Crippen LogP contribution >= 0.6 is 0 Å². The number of morpholine rings is 1. The Kier molecular flexibility index (Phi) is 8.17. The minimum absolute atomic E-state index is 0.105. The van der Waals surface area contributed by atoms with E-state index in [2.05, 4.69) is 154 Å². The number of allylic oxidation sites excluding steroid dienone is 8. The van der Waals surface area contributed by atoms with Gasteiger partial charge in [-0.15, -0.1) is 0 Å². The van der Waals surface area contributed by atoms with E-state index in [4.69, 9.17) is 14.2 Å². The summed E-state index contributed by atoms with van der Waals surface area (Å²) in [6.07, 6.45) is 25.5. The normalized spacial score (nSPS) is 25.2. The lowest BCUT2D eigenvalue weighted by atomic mass is 9.71. The summed E-state index contributed by atoms with van der Waals surface area (Å²) < 4.78 is 19.5. The molecule has 4 aromatic rings. The van der Waals surface area contributed by atoms with Gasteiger partial charge in [0.05, 0.1) is 20.3 Å². The molecular weight excluding hydrogens is 711 g/mol. The highest BCUT2D eigenvalue weighted by Gasteiger charge is 2.48. The molecule has 3 atom stereocenters. The number of fused-ring (bicyclic) bond motifs is 11. The largest absolute Gasteiger partial charge is 0.497 e. The Morgan fingerprint density at radius 2 is 1.64 bits per heavy atom. The predicted octanol–water partition coefficient (Wildman–Crippen LogP) is 9.91. The SMILES string of the molecule is CCC1(CC)c2ccccc2-c2c1c1c(c3c2=CCC(N2CCOCC2)C=3)OC(c2ccc(OC)cc2)(c2ccc3c(c2)C(C)(C)C2=C3CC3C=CC=CC3=C2)C=C1. The molecule has 0 amide bonds. The molecule has 0 aromatic heterocycles. The third-order valence-corrected chi connectivity index (χ3v) is 15.0. The second-order valence-corrected chi connectivity index (χ2v) is 17.9. The van der Waals surface area contributed by atoms with Crippen LogP contribution in [0.15, 0.2) is 114 Å². The lowest BCUT2D eigenvalue weighted by Crippen LogP contribution is -2.47. The summed E-state index contributed by atoms with van der Waals surface area (Å²) in [5.41, 5.74) is 15.1. The van der Waals surface area contributed by atoms with E-state index in [1.165, 1.54) is 66.1 Å². The van der Waals surface area contributed by atoms with Gasteiger partial charge in [0.15, 0.2) is 5.60 Å². The van der Waals surface area contributed by atoms with Gasteiger partial charge in [0.2, 0.25) is 0 Å². The van der Waals surface area contributed by atoms with Crippen LogP contribution in [0, 0.1) is 5.92 Å². The molecule has 3 unspecified atom stereocenters. The summed E-state index contributed by atoms with van der Waals surface area (Å²) in [5.74, 6) is 2.28. The van der Waals surface area contributed by atoms with Crippen LogP contribution in [-0.4, -0.2) is 44.4 Å². The fraction of sp³-hybridized carbons (Fsp3) is 0.333. The predicted molar refractivity (Wildman–Crippen MR) is 237 cm³/mol. The van der Waals surface area contributed by atoms with Crippen LogP contribution in [0.2, 0.25) is 0 Å². The van der Waals surface area contributed by atoms with E-state index in [0.717, 1.165) is 74.6 Å². The number of hydrogen-bond donors (Lipinski definition) is 0. The minimum Gasteiger partial charge on any atom is -0.497 e. The zero-order valence-electron chi connectivity index (χ0n) is 34.5. The van der Waals surface area contributed by atoms with Crippen LogP contribution in [0.3, 0.4) is 0 Å². The van der Waals surface area contributed by atoms with Gasteiger partial charge in [-0.1, -0.05) is 125 Å². The fourth-order valence-electron chi connectivity index (χ4n) is 11.9. The van der Waals surface area contributed by atoms with Crippen LogP contribution < -0.4 is 19.9 Å². The van der Waals surface area contributed by atoms with Crippen molar-refractivity contribution in [2.24, 2.45) is 5.92 Å². The van der Waals surface area contributed by atoms with Gasteiger partial charge in [0, 0.05) is 57.8 Å². The van der Waals surface area contributed by atoms with Gasteiger partial charge in [-0.2, -0.15) is 0 Å². The molecule has 1 saturated heterocycles. The van der Waals surface area contributed by atoms with Gasteiger partial charge in [-0.05, 0) is 105 Å². The molecule has 4 aromatic carbocycles. The highest BCUT2D eigenvalue weighted by molar-refractivity contribution is 5.89. The van der Waals surface area contributed by atoms with Gasteiger partial charge in [0.1, 0.15) is 11.5 Å². The van der Waals surface area contributed by atoms with Gasteiger partial charge in [-0.25, -0.2) is 0 Å². The standard InChI is InChI=1S/C54H53NO3/c1-6-53(7-2)46-15-11-10-14-42(46)49-41-23-19-38(55-26-28-57-29-27-55)33-45(41)51-43(50(49)53)24-25-54(58-51,36-16-20-39(56-5)21-17-36)37-18-22-40-44-30-34-12-8-9-13-35(34)31-47(44)52(3,4)48(40)32-37/h8-18,20-25,31-34,38H,6-7,19,26-30H2,1-5H3. The van der Waals surface area contributed by atoms with Crippen molar-refractivity contribution in [3.63, 3.8) is 0 Å². The molecule has 5 aliphatic carbocycles. The van der Waals surface area contributed by atoms with Crippen molar-refractivity contribution in [3.05, 3.63) is 164 Å². The summed E-state index contributed by atoms with van der Waals surface area (Å²) in [6.45, 7) is 13.0. The van der Waals surface area contributed by atoms with Crippen molar-refractivity contribution in [2.45, 2.75) is 75.9 Å². The van der Waals surface area contributed by atoms with Crippen LogP contribution in [0.25, 0.3) is 34.9 Å². The zero-order valence-corrected chi connectivity index (χ0v) is 34.5. The molecule has 0 spiro atoms. The van der Waals surface area contributed by atoms with E-state index in [-0.39, 0.29) is 16.9 Å². The molecule has 0 bridgehead atoms. The summed E-state index contributed by atoms with van der Waals surface area (Å²) in [7, 11) is 1.74. The first-order valence-electron chi connectivity index (χ1n) is 21.6. The topological polar surface area (TPSA) is 30.9 Å². The van der Waals surface area contributed by atoms with Crippen molar-refractivity contribution >= 4 is 23.8 Å². The molecule has 2 heterocycles. The van der Waals surface area contributed by atoms with Gasteiger partial charge in [-0.3, -0.25) is 4.90 Å². The van der Waals surface area contributed by atoms with E-state index in [0.29, 0.717) is 5.92 Å². The van der Waals surface area contributed by atoms with Crippen molar-refractivity contribution in [3.8, 4) is 22.6 Å². The Balaban J connectivity index is 1.15. The lowest BCUT2D eigenvalue weighted by molar-refractivity contribution is 0.0290. The first kappa shape index (κ1) is 36.0. The molecule has 0 saturated carbocycles. The van der Waals surface area contributed by atoms with Crippen molar-refractivity contribution in [2.75, 3.05) is 33.4 Å². The van der Waals surface area contributed by atoms with Crippen molar-refractivity contribution < 1.29 is 14.2 Å². The Morgan fingerprint density at radius 3 is 2.43 bits per heavy atom. The number of hydrogen-bond acceptors (Lipinski definition) is 4. The first-order valence-corrected chi connectivity index (χ1v) is 21.6. The molecule has 4 heteroatoms. The maximum atomic E-state index is 7.96. The van der Waals surface area contributed by atoms with E-state index in [1.807, 2.05) is 0 Å². The fourth-order valence-corrected chi connectivity index (χ4v) is 11.9. The van der Waals surface area contributed by atoms with E-state index in [1.54, 1.807) is 7.11 Å². The lowest BCUT2D eigenvalue weighted by Gasteiger charge is -2.40. The molecule has 2 aliphatic heterocycles. The summed E-state index contributed by atoms with van der Waals surface area (Å²) in [4.78, 5) is 2.60. The molecule has 4 nitrogen and oxygen atoms in total. The Morgan fingerprint density at radius 1 is 0.845 bits per heavy atom. The summed E-state index contributed by atoms with van der Waals surface area (Å²) in [5, 5.41) is 2.56. The molecule has 1 fully saturated rings. The average Bonchev–Trinajstić information content (AvgIpc) is 3.70. The highest BCUT2D eigenvalue weighted by Crippen LogP contribution is 2.57. The number of methoxy groups -OCH3 is 1. The third-order valence-electron chi connectivity index (χ3n) is 15.0. The average molecular weight is 764 g/mol. The van der Waals surface area contributed by atoms with E-state index < -0.39 is 5.60 Å². The molecule has 58 heavy (non-hydrogen) atoms. The quantitative estimate of drug-likeness (QED) is 0.196. The monoisotopic (exact) mass is 763 g/mol. The second-order valence-electron chi connectivity index (χ2n) is 17.9. The molecular formula is C54H53NO3. The smallest absolute Gasteiger partial charge is 0.178 e.